The second kappa shape index (κ2) is 12.2. The number of amides is 4. The lowest BCUT2D eigenvalue weighted by Gasteiger charge is -2.30. The maximum absolute atomic E-state index is 12.3. The van der Waals surface area contributed by atoms with Gasteiger partial charge in [0.1, 0.15) is 5.69 Å². The minimum atomic E-state index is -0.679. The van der Waals surface area contributed by atoms with Crippen molar-refractivity contribution in [1.82, 2.24) is 15.2 Å². The number of halogens is 1. The number of hydrogen-bond donors (Lipinski definition) is 4. The highest BCUT2D eigenvalue weighted by atomic mass is 35.5. The number of carbonyl (C=O) groups is 3. The number of nitrogens with one attached hydrogen (secondary N) is 3. The number of primary amides is 1. The second-order valence-corrected chi connectivity index (χ2v) is 8.10. The Balaban J connectivity index is 0.00000480. The molecule has 11 heteroatoms. The van der Waals surface area contributed by atoms with E-state index in [4.69, 9.17) is 5.73 Å². The summed E-state index contributed by atoms with van der Waals surface area (Å²) in [7, 11) is 0. The van der Waals surface area contributed by atoms with Crippen LogP contribution in [-0.4, -0.2) is 52.9 Å². The molecule has 0 aliphatic rings. The fourth-order valence-corrected chi connectivity index (χ4v) is 3.64. The van der Waals surface area contributed by atoms with Crippen molar-refractivity contribution in [3.05, 3.63) is 40.9 Å². The number of aromatic nitrogens is 1. The summed E-state index contributed by atoms with van der Waals surface area (Å²) in [6.45, 7) is 9.76. The molecule has 0 spiro atoms. The number of thiazole rings is 1. The lowest BCUT2D eigenvalue weighted by Crippen LogP contribution is -2.42. The van der Waals surface area contributed by atoms with E-state index in [-0.39, 0.29) is 29.9 Å². The predicted octanol–water partition coefficient (Wildman–Crippen LogP) is 3.16. The van der Waals surface area contributed by atoms with Crippen LogP contribution in [0.4, 0.5) is 15.6 Å². The topological polar surface area (TPSA) is 129 Å². The molecule has 1 aromatic carbocycles. The largest absolute Gasteiger partial charge is 0.351 e. The van der Waals surface area contributed by atoms with Crippen molar-refractivity contribution in [3.8, 4) is 0 Å². The molecule has 0 saturated heterocycles. The molecule has 0 bridgehead atoms. The minimum Gasteiger partial charge on any atom is -0.351 e. The fourth-order valence-electron chi connectivity index (χ4n) is 2.95. The number of urea groups is 1. The minimum absolute atomic E-state index is 0. The van der Waals surface area contributed by atoms with Crippen molar-refractivity contribution in [3.63, 3.8) is 0 Å². The van der Waals surface area contributed by atoms with Gasteiger partial charge in [-0.2, -0.15) is 0 Å². The van der Waals surface area contributed by atoms with Gasteiger partial charge in [0, 0.05) is 41.8 Å². The van der Waals surface area contributed by atoms with Crippen LogP contribution in [0.25, 0.3) is 0 Å². The zero-order chi connectivity index (χ0) is 22.3. The van der Waals surface area contributed by atoms with Gasteiger partial charge in [0.15, 0.2) is 5.13 Å². The highest BCUT2D eigenvalue weighted by molar-refractivity contribution is 7.14. The summed E-state index contributed by atoms with van der Waals surface area (Å²) >= 11 is 1.17. The number of benzene rings is 1. The fraction of sp³-hybridized carbons (Fsp3) is 0.400. The lowest BCUT2D eigenvalue weighted by molar-refractivity contribution is 0.0934. The van der Waals surface area contributed by atoms with Crippen LogP contribution in [0.2, 0.25) is 0 Å². The molecule has 0 radical (unpaired) electrons. The van der Waals surface area contributed by atoms with Crippen molar-refractivity contribution in [2.45, 2.75) is 39.8 Å². The molecule has 170 valence electrons. The summed E-state index contributed by atoms with van der Waals surface area (Å²) in [5.41, 5.74) is 6.18. The first kappa shape index (κ1) is 26.3. The zero-order valence-electron chi connectivity index (χ0n) is 18.0. The van der Waals surface area contributed by atoms with E-state index in [1.807, 2.05) is 0 Å². The van der Waals surface area contributed by atoms with E-state index in [1.54, 1.807) is 29.6 Å². The van der Waals surface area contributed by atoms with Crippen LogP contribution in [0.15, 0.2) is 29.6 Å². The van der Waals surface area contributed by atoms with Gasteiger partial charge >= 0.3 is 6.03 Å². The predicted molar refractivity (Wildman–Crippen MR) is 126 cm³/mol. The standard InChI is InChI=1S/C20H28N6O3S.ClH/c1-12(2)26(13(3)4)10-9-22-18(28)16-11-30-20(24-16)25-17(27)14-5-7-15(8-6-14)23-19(21)29;/h5-8,11-13H,9-10H2,1-4H3,(H,22,28)(H3,21,23,29)(H,24,25,27);1H. The molecule has 0 saturated carbocycles. The molecule has 5 N–H and O–H groups in total. The summed E-state index contributed by atoms with van der Waals surface area (Å²) in [6.07, 6.45) is 0. The lowest BCUT2D eigenvalue weighted by atomic mass is 10.2. The van der Waals surface area contributed by atoms with E-state index in [1.165, 1.54) is 11.3 Å². The Morgan fingerprint density at radius 3 is 2.19 bits per heavy atom. The summed E-state index contributed by atoms with van der Waals surface area (Å²) in [4.78, 5) is 42.0. The van der Waals surface area contributed by atoms with Crippen LogP contribution in [0.5, 0.6) is 0 Å². The first-order valence-corrected chi connectivity index (χ1v) is 10.5. The maximum atomic E-state index is 12.3. The third-order valence-electron chi connectivity index (χ3n) is 4.35. The SMILES string of the molecule is CC(C)N(CCNC(=O)c1csc(NC(=O)c2ccc(NC(N)=O)cc2)n1)C(C)C.Cl. The van der Waals surface area contributed by atoms with Crippen molar-refractivity contribution in [2.24, 2.45) is 5.73 Å². The van der Waals surface area contributed by atoms with Crippen LogP contribution >= 0.6 is 23.7 Å². The van der Waals surface area contributed by atoms with E-state index < -0.39 is 6.03 Å². The Kier molecular flexibility index (Phi) is 10.4. The molecular formula is C20H29ClN6O3S. The highest BCUT2D eigenvalue weighted by Crippen LogP contribution is 2.17. The van der Waals surface area contributed by atoms with Gasteiger partial charge in [-0.15, -0.1) is 23.7 Å². The quantitative estimate of drug-likeness (QED) is 0.449. The molecule has 1 aromatic heterocycles. The van der Waals surface area contributed by atoms with Crippen LogP contribution in [0.1, 0.15) is 48.5 Å². The number of nitrogens with zero attached hydrogens (tertiary/aromatic N) is 2. The van der Waals surface area contributed by atoms with Gasteiger partial charge in [0.05, 0.1) is 0 Å². The third kappa shape index (κ3) is 8.16. The normalized spacial score (nSPS) is 10.7. The van der Waals surface area contributed by atoms with Crippen LogP contribution in [0, 0.1) is 0 Å². The van der Waals surface area contributed by atoms with Gasteiger partial charge < -0.3 is 16.4 Å². The number of carbonyl (C=O) groups excluding carboxylic acids is 3. The summed E-state index contributed by atoms with van der Waals surface area (Å²) in [6, 6.07) is 6.35. The molecule has 0 aliphatic heterocycles. The molecular weight excluding hydrogens is 440 g/mol. The molecule has 1 heterocycles. The van der Waals surface area contributed by atoms with Gasteiger partial charge in [-0.25, -0.2) is 9.78 Å². The highest BCUT2D eigenvalue weighted by Gasteiger charge is 2.16. The third-order valence-corrected chi connectivity index (χ3v) is 5.11. The smallest absolute Gasteiger partial charge is 0.316 e. The van der Waals surface area contributed by atoms with Gasteiger partial charge in [0.2, 0.25) is 0 Å². The van der Waals surface area contributed by atoms with E-state index >= 15 is 0 Å². The van der Waals surface area contributed by atoms with E-state index in [9.17, 15) is 14.4 Å². The number of rotatable bonds is 9. The van der Waals surface area contributed by atoms with E-state index in [2.05, 4.69) is 53.5 Å². The number of nitrogens with two attached hydrogens (primary N) is 1. The molecule has 0 fully saturated rings. The zero-order valence-corrected chi connectivity index (χ0v) is 19.6. The Morgan fingerprint density at radius 1 is 1.03 bits per heavy atom. The molecule has 4 amide bonds. The van der Waals surface area contributed by atoms with Crippen LogP contribution in [-0.2, 0) is 0 Å². The first-order valence-electron chi connectivity index (χ1n) is 9.64. The van der Waals surface area contributed by atoms with Crippen LogP contribution in [0.3, 0.4) is 0 Å². The Hall–Kier alpha value is -2.69. The first-order chi connectivity index (χ1) is 14.2. The molecule has 9 nitrogen and oxygen atoms in total. The van der Waals surface area contributed by atoms with Gasteiger partial charge in [0.25, 0.3) is 11.8 Å². The molecule has 0 atom stereocenters. The monoisotopic (exact) mass is 468 g/mol. The van der Waals surface area contributed by atoms with Gasteiger partial charge in [-0.05, 0) is 52.0 Å². The Morgan fingerprint density at radius 2 is 1.65 bits per heavy atom. The summed E-state index contributed by atoms with van der Waals surface area (Å²) < 4.78 is 0. The molecule has 0 unspecified atom stereocenters. The van der Waals surface area contributed by atoms with Crippen LogP contribution < -0.4 is 21.7 Å². The Labute approximate surface area is 192 Å². The average Bonchev–Trinajstić information content (AvgIpc) is 3.13. The Bertz CT molecular complexity index is 877. The van der Waals surface area contributed by atoms with Crippen molar-refractivity contribution in [1.29, 1.82) is 0 Å². The van der Waals surface area contributed by atoms with E-state index in [0.717, 1.165) is 6.54 Å². The second-order valence-electron chi connectivity index (χ2n) is 7.24. The van der Waals surface area contributed by atoms with Crippen molar-refractivity contribution in [2.75, 3.05) is 23.7 Å². The average molecular weight is 469 g/mol. The summed E-state index contributed by atoms with van der Waals surface area (Å²) in [5.74, 6) is -0.646. The van der Waals surface area contributed by atoms with Gasteiger partial charge in [-0.1, -0.05) is 0 Å². The van der Waals surface area contributed by atoms with Crippen molar-refractivity contribution >= 4 is 52.4 Å². The van der Waals surface area contributed by atoms with Crippen molar-refractivity contribution < 1.29 is 14.4 Å². The molecule has 0 aliphatic carbocycles. The molecule has 2 aromatic rings. The number of anilines is 2. The molecule has 2 rings (SSSR count). The van der Waals surface area contributed by atoms with Gasteiger partial charge in [-0.3, -0.25) is 19.8 Å². The van der Waals surface area contributed by atoms with E-state index in [0.29, 0.717) is 35.0 Å². The maximum Gasteiger partial charge on any atom is 0.316 e. The summed E-state index contributed by atoms with van der Waals surface area (Å²) in [5, 5.41) is 9.89. The number of hydrogen-bond acceptors (Lipinski definition) is 6. The molecule has 31 heavy (non-hydrogen) atoms.